The van der Waals surface area contributed by atoms with Gasteiger partial charge >= 0.3 is 13.4 Å². The van der Waals surface area contributed by atoms with Crippen LogP contribution in [0.2, 0.25) is 0 Å². The Morgan fingerprint density at radius 3 is 2.56 bits per heavy atom. The van der Waals surface area contributed by atoms with Crippen molar-refractivity contribution in [2.24, 2.45) is 0 Å². The van der Waals surface area contributed by atoms with Crippen molar-refractivity contribution >= 4 is 18.7 Å². The van der Waals surface area contributed by atoms with Gasteiger partial charge in [0.05, 0.1) is 5.39 Å². The molecule has 96 valence electrons. The van der Waals surface area contributed by atoms with Crippen LogP contribution in [0.4, 0.5) is 0 Å². The highest BCUT2D eigenvalue weighted by atomic mass is 31.2. The lowest BCUT2D eigenvalue weighted by atomic mass is 10.2. The normalized spacial score (nSPS) is 11.7. The van der Waals surface area contributed by atoms with Gasteiger partial charge in [-0.3, -0.25) is 18.5 Å². The van der Waals surface area contributed by atoms with E-state index in [1.807, 2.05) is 0 Å². The minimum atomic E-state index is -3.85. The molecule has 1 aromatic heterocycles. The summed E-state index contributed by atoms with van der Waals surface area (Å²) in [5.74, 6) is 0. The van der Waals surface area contributed by atoms with Crippen LogP contribution in [-0.4, -0.2) is 29.4 Å². The Labute approximate surface area is 102 Å². The van der Waals surface area contributed by atoms with Gasteiger partial charge in [0.15, 0.2) is 0 Å². The van der Waals surface area contributed by atoms with Crippen molar-refractivity contribution in [1.82, 2.24) is 15.2 Å². The van der Waals surface area contributed by atoms with Gasteiger partial charge in [-0.2, -0.15) is 0 Å². The molecule has 2 aromatic rings. The van der Waals surface area contributed by atoms with E-state index in [0.717, 1.165) is 14.2 Å². The fourth-order valence-corrected chi connectivity index (χ4v) is 1.84. The molecule has 9 heteroatoms. The number of hydrogen-bond donors (Lipinski definition) is 0. The molecule has 0 aliphatic rings. The SMILES string of the molecule is COP(=O)(OC)On1nnc2ccccc2c1=O. The van der Waals surface area contributed by atoms with Crippen LogP contribution in [0.25, 0.3) is 10.9 Å². The minimum Gasteiger partial charge on any atom is -0.288 e. The van der Waals surface area contributed by atoms with Gasteiger partial charge in [0.1, 0.15) is 5.52 Å². The summed E-state index contributed by atoms with van der Waals surface area (Å²) in [6, 6.07) is 6.57. The second-order valence-corrected chi connectivity index (χ2v) is 4.97. The summed E-state index contributed by atoms with van der Waals surface area (Å²) >= 11 is 0. The van der Waals surface area contributed by atoms with Gasteiger partial charge in [0.25, 0.3) is 0 Å². The van der Waals surface area contributed by atoms with Crippen LogP contribution in [0.5, 0.6) is 0 Å². The molecule has 0 bridgehead atoms. The number of phosphoric acid groups is 1. The summed E-state index contributed by atoms with van der Waals surface area (Å²) in [6.45, 7) is 0. The van der Waals surface area contributed by atoms with Crippen LogP contribution in [-0.2, 0) is 13.6 Å². The summed E-state index contributed by atoms with van der Waals surface area (Å²) in [4.78, 5) is 12.4. The van der Waals surface area contributed by atoms with Gasteiger partial charge < -0.3 is 0 Å². The quantitative estimate of drug-likeness (QED) is 0.752. The van der Waals surface area contributed by atoms with Gasteiger partial charge in [-0.05, 0) is 22.2 Å². The predicted molar refractivity (Wildman–Crippen MR) is 62.0 cm³/mol. The molecule has 0 N–H and O–H groups in total. The van der Waals surface area contributed by atoms with Crippen LogP contribution in [0, 0.1) is 0 Å². The molecule has 0 unspecified atom stereocenters. The van der Waals surface area contributed by atoms with E-state index in [4.69, 9.17) is 4.62 Å². The lowest BCUT2D eigenvalue weighted by Gasteiger charge is -2.12. The summed E-state index contributed by atoms with van der Waals surface area (Å²) < 4.78 is 25.6. The third-order valence-corrected chi connectivity index (χ3v) is 3.42. The molecule has 0 saturated carbocycles. The van der Waals surface area contributed by atoms with Crippen molar-refractivity contribution in [2.45, 2.75) is 0 Å². The Balaban J connectivity index is 2.50. The molecule has 0 saturated heterocycles. The molecule has 0 aliphatic carbocycles. The summed E-state index contributed by atoms with van der Waals surface area (Å²) in [5, 5.41) is 7.52. The molecule has 0 amide bonds. The van der Waals surface area contributed by atoms with Gasteiger partial charge in [-0.25, -0.2) is 4.57 Å². The highest BCUT2D eigenvalue weighted by molar-refractivity contribution is 7.48. The number of benzene rings is 1. The topological polar surface area (TPSA) is 92.5 Å². The van der Waals surface area contributed by atoms with Crippen LogP contribution in [0.1, 0.15) is 0 Å². The number of aromatic nitrogens is 3. The standard InChI is InChI=1S/C9H10N3O5P/c1-15-18(14,16-2)17-12-9(13)7-5-3-4-6-8(7)10-11-12/h3-6H,1-2H3. The van der Waals surface area contributed by atoms with Crippen molar-refractivity contribution < 1.29 is 18.2 Å². The molecule has 0 atom stereocenters. The first-order valence-corrected chi connectivity index (χ1v) is 6.32. The number of nitrogens with zero attached hydrogens (tertiary/aromatic N) is 3. The summed E-state index contributed by atoms with van der Waals surface area (Å²) in [7, 11) is -1.59. The number of hydrogen-bond acceptors (Lipinski definition) is 7. The molecule has 0 fully saturated rings. The Morgan fingerprint density at radius 2 is 1.89 bits per heavy atom. The predicted octanol–water partition coefficient (Wildman–Crippen LogP) is 0.621. The lowest BCUT2D eigenvalue weighted by Crippen LogP contribution is -2.29. The van der Waals surface area contributed by atoms with Crippen molar-refractivity contribution in [1.29, 1.82) is 0 Å². The number of rotatable bonds is 4. The van der Waals surface area contributed by atoms with E-state index in [2.05, 4.69) is 19.4 Å². The maximum Gasteiger partial charge on any atom is 0.550 e. The van der Waals surface area contributed by atoms with E-state index in [9.17, 15) is 9.36 Å². The molecule has 0 spiro atoms. The molecule has 2 rings (SSSR count). The van der Waals surface area contributed by atoms with Crippen LogP contribution < -0.4 is 10.2 Å². The van der Waals surface area contributed by atoms with E-state index in [1.54, 1.807) is 24.3 Å². The minimum absolute atomic E-state index is 0.284. The fraction of sp³-hybridized carbons (Fsp3) is 0.222. The third kappa shape index (κ3) is 2.26. The highest BCUT2D eigenvalue weighted by Crippen LogP contribution is 2.43. The van der Waals surface area contributed by atoms with Gasteiger partial charge in [0.2, 0.25) is 0 Å². The molecular weight excluding hydrogens is 261 g/mol. The Kier molecular flexibility index (Phi) is 3.42. The van der Waals surface area contributed by atoms with Gasteiger partial charge in [-0.15, -0.1) is 5.10 Å². The lowest BCUT2D eigenvalue weighted by molar-refractivity contribution is 0.111. The Hall–Kier alpha value is -1.76. The molecule has 1 aromatic carbocycles. The van der Waals surface area contributed by atoms with E-state index >= 15 is 0 Å². The Morgan fingerprint density at radius 1 is 1.22 bits per heavy atom. The highest BCUT2D eigenvalue weighted by Gasteiger charge is 2.27. The molecule has 0 radical (unpaired) electrons. The zero-order valence-electron chi connectivity index (χ0n) is 9.64. The molecule has 18 heavy (non-hydrogen) atoms. The smallest absolute Gasteiger partial charge is 0.288 e. The van der Waals surface area contributed by atoms with Crippen molar-refractivity contribution in [2.75, 3.05) is 14.2 Å². The van der Waals surface area contributed by atoms with E-state index in [-0.39, 0.29) is 5.39 Å². The second-order valence-electron chi connectivity index (χ2n) is 3.18. The maximum absolute atomic E-state index is 11.9. The van der Waals surface area contributed by atoms with Crippen molar-refractivity contribution in [3.05, 3.63) is 34.6 Å². The first kappa shape index (κ1) is 12.7. The largest absolute Gasteiger partial charge is 0.550 e. The van der Waals surface area contributed by atoms with Crippen molar-refractivity contribution in [3.63, 3.8) is 0 Å². The first-order valence-electron chi connectivity index (χ1n) is 4.86. The third-order valence-electron chi connectivity index (χ3n) is 2.17. The van der Waals surface area contributed by atoms with Crippen LogP contribution in [0.15, 0.2) is 29.1 Å². The van der Waals surface area contributed by atoms with Crippen LogP contribution >= 0.6 is 7.82 Å². The average molecular weight is 271 g/mol. The van der Waals surface area contributed by atoms with E-state index in [1.165, 1.54) is 0 Å². The van der Waals surface area contributed by atoms with Gasteiger partial charge in [0, 0.05) is 14.2 Å². The number of phosphoric ester groups is 1. The second kappa shape index (κ2) is 4.85. The van der Waals surface area contributed by atoms with E-state index in [0.29, 0.717) is 10.4 Å². The molecular formula is C9H10N3O5P. The fourth-order valence-electron chi connectivity index (χ4n) is 1.26. The first-order chi connectivity index (χ1) is 8.59. The average Bonchev–Trinajstić information content (AvgIpc) is 2.42. The van der Waals surface area contributed by atoms with E-state index < -0.39 is 13.4 Å². The van der Waals surface area contributed by atoms with Gasteiger partial charge in [-0.1, -0.05) is 12.1 Å². The monoisotopic (exact) mass is 271 g/mol. The number of fused-ring (bicyclic) bond motifs is 1. The summed E-state index contributed by atoms with van der Waals surface area (Å²) in [5.41, 5.74) is -0.193. The van der Waals surface area contributed by atoms with Crippen molar-refractivity contribution in [3.8, 4) is 0 Å². The Bertz CT molecular complexity index is 663. The molecule has 8 nitrogen and oxygen atoms in total. The van der Waals surface area contributed by atoms with Crippen LogP contribution in [0.3, 0.4) is 0 Å². The maximum atomic E-state index is 11.9. The molecule has 0 aliphatic heterocycles. The zero-order valence-corrected chi connectivity index (χ0v) is 10.5. The zero-order chi connectivity index (χ0) is 13.2. The summed E-state index contributed by atoms with van der Waals surface area (Å²) in [6.07, 6.45) is 0. The molecule has 1 heterocycles.